The molecule has 0 spiro atoms. The highest BCUT2D eigenvalue weighted by Gasteiger charge is 2.33. The van der Waals surface area contributed by atoms with Crippen LogP contribution in [0.2, 0.25) is 0 Å². The summed E-state index contributed by atoms with van der Waals surface area (Å²) in [5.41, 5.74) is 0. The van der Waals surface area contributed by atoms with Gasteiger partial charge in [-0.1, -0.05) is 27.2 Å². The van der Waals surface area contributed by atoms with E-state index in [0.717, 1.165) is 25.7 Å². The second-order valence-electron chi connectivity index (χ2n) is 3.96. The minimum atomic E-state index is 0.275. The number of amides is 1. The van der Waals surface area contributed by atoms with Crippen molar-refractivity contribution in [3.8, 4) is 0 Å². The van der Waals surface area contributed by atoms with Gasteiger partial charge in [0.1, 0.15) is 0 Å². The highest BCUT2D eigenvalue weighted by atomic mass is 16.2. The maximum Gasteiger partial charge on any atom is 0.238 e. The summed E-state index contributed by atoms with van der Waals surface area (Å²) in [6.45, 7) is 7.00. The van der Waals surface area contributed by atoms with E-state index in [0.29, 0.717) is 12.6 Å². The van der Waals surface area contributed by atoms with Crippen LogP contribution >= 0.6 is 0 Å². The Morgan fingerprint density at radius 3 is 2.71 bits per heavy atom. The van der Waals surface area contributed by atoms with Crippen LogP contribution in [0.5, 0.6) is 0 Å². The highest BCUT2D eigenvalue weighted by Crippen LogP contribution is 2.18. The second-order valence-corrected chi connectivity index (χ2v) is 3.96. The van der Waals surface area contributed by atoms with Crippen LogP contribution in [0.25, 0.3) is 0 Å². The van der Waals surface area contributed by atoms with Crippen molar-refractivity contribution in [1.29, 1.82) is 0 Å². The molecule has 3 nitrogen and oxygen atoms in total. The van der Waals surface area contributed by atoms with E-state index in [-0.39, 0.29) is 12.1 Å². The summed E-state index contributed by atoms with van der Waals surface area (Å²) >= 11 is 0. The zero-order chi connectivity index (χ0) is 10.6. The maximum atomic E-state index is 11.7. The molecule has 0 aliphatic carbocycles. The molecule has 0 aromatic rings. The second kappa shape index (κ2) is 5.35. The first-order chi connectivity index (χ1) is 6.74. The van der Waals surface area contributed by atoms with Crippen LogP contribution in [-0.4, -0.2) is 29.6 Å². The number of hydrogen-bond donors (Lipinski definition) is 1. The largest absolute Gasteiger partial charge is 0.323 e. The molecule has 1 aliphatic rings. The van der Waals surface area contributed by atoms with Crippen LogP contribution in [0.4, 0.5) is 0 Å². The summed E-state index contributed by atoms with van der Waals surface area (Å²) in [5.74, 6) is 0.275. The van der Waals surface area contributed by atoms with Gasteiger partial charge in [-0.2, -0.15) is 0 Å². The summed E-state index contributed by atoms with van der Waals surface area (Å²) in [6, 6.07) is 0.437. The van der Waals surface area contributed by atoms with Crippen LogP contribution in [0.1, 0.15) is 46.5 Å². The highest BCUT2D eigenvalue weighted by molar-refractivity contribution is 5.81. The Hall–Kier alpha value is -0.570. The van der Waals surface area contributed by atoms with E-state index in [1.165, 1.54) is 0 Å². The van der Waals surface area contributed by atoms with Gasteiger partial charge in [-0.05, 0) is 19.3 Å². The molecule has 0 aromatic heterocycles. The summed E-state index contributed by atoms with van der Waals surface area (Å²) in [4.78, 5) is 13.7. The van der Waals surface area contributed by atoms with Crippen LogP contribution in [0.3, 0.4) is 0 Å². The lowest BCUT2D eigenvalue weighted by molar-refractivity contribution is -0.130. The van der Waals surface area contributed by atoms with Crippen molar-refractivity contribution in [1.82, 2.24) is 10.2 Å². The fourth-order valence-corrected chi connectivity index (χ4v) is 2.24. The molecule has 0 aromatic carbocycles. The van der Waals surface area contributed by atoms with E-state index in [9.17, 15) is 4.79 Å². The maximum absolute atomic E-state index is 11.7. The van der Waals surface area contributed by atoms with E-state index in [2.05, 4.69) is 31.0 Å². The Morgan fingerprint density at radius 1 is 1.50 bits per heavy atom. The molecule has 1 rings (SSSR count). The van der Waals surface area contributed by atoms with Gasteiger partial charge in [-0.25, -0.2) is 0 Å². The van der Waals surface area contributed by atoms with Gasteiger partial charge in [0.15, 0.2) is 0 Å². The Balaban J connectivity index is 2.65. The standard InChI is InChI=1S/C11H22N2O/c1-4-7-9(5-2)13-10(6-3)12-8-11(13)14/h9-10,12H,4-8H2,1-3H3. The van der Waals surface area contributed by atoms with Crippen LogP contribution < -0.4 is 5.32 Å². The van der Waals surface area contributed by atoms with Crippen molar-refractivity contribution < 1.29 is 4.79 Å². The van der Waals surface area contributed by atoms with Crippen LogP contribution in [0, 0.1) is 0 Å². The molecule has 82 valence electrons. The van der Waals surface area contributed by atoms with Gasteiger partial charge in [-0.3, -0.25) is 10.1 Å². The minimum absolute atomic E-state index is 0.275. The molecule has 0 saturated carbocycles. The molecular weight excluding hydrogens is 176 g/mol. The number of hydrogen-bond acceptors (Lipinski definition) is 2. The smallest absolute Gasteiger partial charge is 0.238 e. The molecule has 3 heteroatoms. The van der Waals surface area contributed by atoms with Crippen molar-refractivity contribution >= 4 is 5.91 Å². The van der Waals surface area contributed by atoms with Crippen molar-refractivity contribution in [2.24, 2.45) is 0 Å². The Morgan fingerprint density at radius 2 is 2.21 bits per heavy atom. The summed E-state index contributed by atoms with van der Waals surface area (Å²) < 4.78 is 0. The van der Waals surface area contributed by atoms with Crippen molar-refractivity contribution in [3.05, 3.63) is 0 Å². The predicted octanol–water partition coefficient (Wildman–Crippen LogP) is 1.73. The van der Waals surface area contributed by atoms with E-state index in [1.807, 2.05) is 0 Å². The van der Waals surface area contributed by atoms with Crippen molar-refractivity contribution in [2.45, 2.75) is 58.7 Å². The molecule has 2 atom stereocenters. The lowest BCUT2D eigenvalue weighted by atomic mass is 10.1. The fourth-order valence-electron chi connectivity index (χ4n) is 2.24. The zero-order valence-corrected chi connectivity index (χ0v) is 9.55. The normalized spacial score (nSPS) is 24.4. The van der Waals surface area contributed by atoms with Gasteiger partial charge in [-0.15, -0.1) is 0 Å². The van der Waals surface area contributed by atoms with E-state index >= 15 is 0 Å². The molecule has 0 radical (unpaired) electrons. The average Bonchev–Trinajstić information content (AvgIpc) is 2.56. The van der Waals surface area contributed by atoms with Gasteiger partial charge in [0, 0.05) is 6.04 Å². The molecular formula is C11H22N2O. The predicted molar refractivity (Wildman–Crippen MR) is 57.9 cm³/mol. The monoisotopic (exact) mass is 198 g/mol. The fraction of sp³-hybridized carbons (Fsp3) is 0.909. The zero-order valence-electron chi connectivity index (χ0n) is 9.55. The Kier molecular flexibility index (Phi) is 4.39. The Bertz CT molecular complexity index is 194. The van der Waals surface area contributed by atoms with E-state index in [1.54, 1.807) is 0 Å². The molecule has 1 N–H and O–H groups in total. The van der Waals surface area contributed by atoms with E-state index in [4.69, 9.17) is 0 Å². The molecule has 1 fully saturated rings. The summed E-state index contributed by atoms with van der Waals surface area (Å²) in [5, 5.41) is 3.26. The SMILES string of the molecule is CCCC(CC)N1C(=O)CNC1CC. The van der Waals surface area contributed by atoms with E-state index < -0.39 is 0 Å². The van der Waals surface area contributed by atoms with Crippen molar-refractivity contribution in [2.75, 3.05) is 6.54 Å². The third kappa shape index (κ3) is 2.27. The molecule has 14 heavy (non-hydrogen) atoms. The first-order valence-electron chi connectivity index (χ1n) is 5.79. The number of carbonyl (C=O) groups excluding carboxylic acids is 1. The lowest BCUT2D eigenvalue weighted by Crippen LogP contribution is -2.44. The number of nitrogens with zero attached hydrogens (tertiary/aromatic N) is 1. The molecule has 1 saturated heterocycles. The summed E-state index contributed by atoms with van der Waals surface area (Å²) in [7, 11) is 0. The van der Waals surface area contributed by atoms with Gasteiger partial charge in [0.2, 0.25) is 5.91 Å². The van der Waals surface area contributed by atoms with Crippen molar-refractivity contribution in [3.63, 3.8) is 0 Å². The lowest BCUT2D eigenvalue weighted by Gasteiger charge is -2.31. The van der Waals surface area contributed by atoms with Gasteiger partial charge in [0.05, 0.1) is 12.7 Å². The van der Waals surface area contributed by atoms with Crippen LogP contribution in [0.15, 0.2) is 0 Å². The number of carbonyl (C=O) groups is 1. The topological polar surface area (TPSA) is 32.3 Å². The molecule has 0 bridgehead atoms. The third-order valence-electron chi connectivity index (χ3n) is 2.99. The Labute approximate surface area is 86.9 Å². The van der Waals surface area contributed by atoms with Gasteiger partial charge >= 0.3 is 0 Å². The molecule has 1 aliphatic heterocycles. The summed E-state index contributed by atoms with van der Waals surface area (Å²) in [6.07, 6.45) is 4.63. The number of rotatable bonds is 5. The first kappa shape index (κ1) is 11.5. The number of nitrogens with one attached hydrogen (secondary N) is 1. The minimum Gasteiger partial charge on any atom is -0.323 e. The quantitative estimate of drug-likeness (QED) is 0.729. The van der Waals surface area contributed by atoms with Crippen LogP contribution in [-0.2, 0) is 4.79 Å². The third-order valence-corrected chi connectivity index (χ3v) is 2.99. The average molecular weight is 198 g/mol. The molecule has 1 amide bonds. The van der Waals surface area contributed by atoms with Gasteiger partial charge < -0.3 is 4.90 Å². The first-order valence-corrected chi connectivity index (χ1v) is 5.79. The van der Waals surface area contributed by atoms with Gasteiger partial charge in [0.25, 0.3) is 0 Å². The molecule has 2 unspecified atom stereocenters. The molecule has 1 heterocycles.